The molecule has 0 amide bonds. The minimum absolute atomic E-state index is 0. The van der Waals surface area contributed by atoms with Crippen molar-refractivity contribution in [3.05, 3.63) is 16.8 Å². The first-order valence-electron chi connectivity index (χ1n) is 2.81. The van der Waals surface area contributed by atoms with Crippen LogP contribution in [0, 0.1) is 0 Å². The van der Waals surface area contributed by atoms with E-state index >= 15 is 0 Å². The van der Waals surface area contributed by atoms with Gasteiger partial charge in [-0.15, -0.1) is 0 Å². The molecule has 0 aliphatic carbocycles. The van der Waals surface area contributed by atoms with Crippen LogP contribution in [0.15, 0.2) is 21.8 Å². The molecular weight excluding hydrogens is 360 g/mol. The van der Waals surface area contributed by atoms with E-state index in [9.17, 15) is 0 Å². The molecule has 0 spiro atoms. The van der Waals surface area contributed by atoms with Crippen molar-refractivity contribution in [2.24, 2.45) is 4.99 Å². The van der Waals surface area contributed by atoms with Gasteiger partial charge in [0.1, 0.15) is 0 Å². The molecule has 0 N–H and O–H groups in total. The number of hydrogen-bond donors (Lipinski definition) is 0. The van der Waals surface area contributed by atoms with Crippen LogP contribution >= 0.6 is 11.6 Å². The summed E-state index contributed by atoms with van der Waals surface area (Å²) < 4.78 is 9.50. The fourth-order valence-electron chi connectivity index (χ4n) is 0.528. The third kappa shape index (κ3) is 4.86. The first-order valence-corrected chi connectivity index (χ1v) is 3.19. The molecule has 0 unspecified atom stereocenters. The molecular formula is C6H6ClIN2O2Zn-. The van der Waals surface area contributed by atoms with Crippen molar-refractivity contribution in [2.75, 3.05) is 14.2 Å². The third-order valence-electron chi connectivity index (χ3n) is 0.977. The SMILES string of the molecule is COC1=C=C(Cl)N=C(OC)[N]1.[I-].[Zn]. The van der Waals surface area contributed by atoms with Gasteiger partial charge in [0.15, 0.2) is 5.16 Å². The molecule has 7 heteroatoms. The van der Waals surface area contributed by atoms with Crippen LogP contribution < -0.4 is 29.3 Å². The van der Waals surface area contributed by atoms with E-state index in [4.69, 9.17) is 21.1 Å². The van der Waals surface area contributed by atoms with Crippen LogP contribution in [0.2, 0.25) is 0 Å². The molecule has 0 atom stereocenters. The smallest absolute Gasteiger partial charge is 0.322 e. The summed E-state index contributed by atoms with van der Waals surface area (Å²) in [6, 6.07) is 0.172. The van der Waals surface area contributed by atoms with Gasteiger partial charge in [0.2, 0.25) is 0 Å². The monoisotopic (exact) mass is 364 g/mol. The van der Waals surface area contributed by atoms with Crippen LogP contribution in [0.3, 0.4) is 0 Å². The first kappa shape index (κ1) is 15.7. The first-order chi connectivity index (χ1) is 5.26. The van der Waals surface area contributed by atoms with Gasteiger partial charge in [-0.25, -0.2) is 0 Å². The molecule has 0 aromatic carbocycles. The number of halogens is 2. The van der Waals surface area contributed by atoms with Crippen molar-refractivity contribution in [2.45, 2.75) is 0 Å². The normalized spacial score (nSPS) is 13.3. The average molecular weight is 366 g/mol. The van der Waals surface area contributed by atoms with Crippen LogP contribution in [0.1, 0.15) is 0 Å². The summed E-state index contributed by atoms with van der Waals surface area (Å²) in [6.45, 7) is 0. The van der Waals surface area contributed by atoms with Gasteiger partial charge in [-0.1, -0.05) is 11.6 Å². The van der Waals surface area contributed by atoms with E-state index in [0.29, 0.717) is 0 Å². The molecule has 1 heterocycles. The van der Waals surface area contributed by atoms with Crippen LogP contribution in [-0.4, -0.2) is 20.2 Å². The van der Waals surface area contributed by atoms with Crippen LogP contribution in [-0.2, 0) is 29.0 Å². The molecule has 4 nitrogen and oxygen atoms in total. The quantitative estimate of drug-likeness (QED) is 0.229. The van der Waals surface area contributed by atoms with Gasteiger partial charge < -0.3 is 33.5 Å². The number of methoxy groups -OCH3 is 2. The number of aliphatic imine (C=N–C) groups is 1. The molecule has 1 aliphatic heterocycles. The Hall–Kier alpha value is 0.233. The molecule has 0 bridgehead atoms. The van der Waals surface area contributed by atoms with Crippen molar-refractivity contribution >= 4 is 17.6 Å². The Kier molecular flexibility index (Phi) is 9.20. The molecule has 0 saturated carbocycles. The zero-order valence-electron chi connectivity index (χ0n) is 7.17. The summed E-state index contributed by atoms with van der Waals surface area (Å²) >= 11 is 5.54. The summed E-state index contributed by atoms with van der Waals surface area (Å²) in [5, 5.41) is 3.95. The predicted octanol–water partition coefficient (Wildman–Crippen LogP) is -2.22. The standard InChI is InChI=1S/C6H6ClN2O2.HI.Zn/c1-10-5-3-4(7)8-6(9-5)11-2;;/h1-2H3;1H;/p-1. The topological polar surface area (TPSA) is 44.9 Å². The van der Waals surface area contributed by atoms with Gasteiger partial charge in [-0.2, -0.15) is 10.3 Å². The minimum atomic E-state index is 0. The maximum atomic E-state index is 5.54. The van der Waals surface area contributed by atoms with Crippen molar-refractivity contribution in [3.63, 3.8) is 0 Å². The maximum absolute atomic E-state index is 5.54. The molecule has 1 rings (SSSR count). The molecule has 1 aliphatic rings. The summed E-state index contributed by atoms with van der Waals surface area (Å²) in [7, 11) is 2.92. The van der Waals surface area contributed by atoms with Crippen LogP contribution in [0.4, 0.5) is 0 Å². The number of hydrogen-bond acceptors (Lipinski definition) is 3. The molecule has 69 valence electrons. The summed E-state index contributed by atoms with van der Waals surface area (Å²) in [5.74, 6) is 0.266. The second-order valence-corrected chi connectivity index (χ2v) is 1.99. The van der Waals surface area contributed by atoms with Gasteiger partial charge in [0, 0.05) is 19.5 Å². The minimum Gasteiger partial charge on any atom is -1.00 e. The fraction of sp³-hybridized carbons (Fsp3) is 0.333. The molecule has 0 aromatic heterocycles. The van der Waals surface area contributed by atoms with Gasteiger partial charge in [0.05, 0.1) is 14.2 Å². The van der Waals surface area contributed by atoms with Gasteiger partial charge in [0.25, 0.3) is 5.88 Å². The van der Waals surface area contributed by atoms with Crippen LogP contribution in [0.25, 0.3) is 0 Å². The van der Waals surface area contributed by atoms with Crippen molar-refractivity contribution in [3.8, 4) is 0 Å². The van der Waals surface area contributed by atoms with E-state index in [2.05, 4.69) is 16.0 Å². The molecule has 1 radical (unpaired) electrons. The number of rotatable bonds is 1. The Balaban J connectivity index is 0. The van der Waals surface area contributed by atoms with E-state index in [1.807, 2.05) is 0 Å². The van der Waals surface area contributed by atoms with E-state index < -0.39 is 0 Å². The zero-order valence-corrected chi connectivity index (χ0v) is 13.1. The van der Waals surface area contributed by atoms with Crippen molar-refractivity contribution < 1.29 is 52.9 Å². The second-order valence-electron chi connectivity index (χ2n) is 1.64. The van der Waals surface area contributed by atoms with Crippen molar-refractivity contribution in [1.82, 2.24) is 5.32 Å². The predicted molar refractivity (Wildman–Crippen MR) is 40.0 cm³/mol. The van der Waals surface area contributed by atoms with Crippen molar-refractivity contribution in [1.29, 1.82) is 0 Å². The fourth-order valence-corrected chi connectivity index (χ4v) is 0.681. The molecule has 13 heavy (non-hydrogen) atoms. The van der Waals surface area contributed by atoms with Gasteiger partial charge >= 0.3 is 6.02 Å². The van der Waals surface area contributed by atoms with E-state index in [-0.39, 0.29) is 60.5 Å². The van der Waals surface area contributed by atoms with E-state index in [1.165, 1.54) is 14.2 Å². The second kappa shape index (κ2) is 7.62. The Bertz CT molecular complexity index is 263. The van der Waals surface area contributed by atoms with Crippen LogP contribution in [0.5, 0.6) is 0 Å². The Morgan fingerprint density at radius 3 is 2.38 bits per heavy atom. The van der Waals surface area contributed by atoms with Gasteiger partial charge in [-0.3, -0.25) is 0 Å². The largest absolute Gasteiger partial charge is 1.00 e. The maximum Gasteiger partial charge on any atom is 0.322 e. The Labute approximate surface area is 111 Å². The number of ether oxygens (including phenoxy) is 2. The molecule has 0 saturated heterocycles. The summed E-state index contributed by atoms with van der Waals surface area (Å²) in [5.41, 5.74) is 2.57. The van der Waals surface area contributed by atoms with E-state index in [1.54, 1.807) is 0 Å². The van der Waals surface area contributed by atoms with E-state index in [0.717, 1.165) is 0 Å². The van der Waals surface area contributed by atoms with Gasteiger partial charge in [-0.05, 0) is 5.73 Å². The Morgan fingerprint density at radius 2 is 1.92 bits per heavy atom. The zero-order chi connectivity index (χ0) is 8.27. The molecule has 0 fully saturated rings. The third-order valence-corrected chi connectivity index (χ3v) is 1.16. The number of amidine groups is 1. The summed E-state index contributed by atoms with van der Waals surface area (Å²) in [4.78, 5) is 3.70. The average Bonchev–Trinajstić information content (AvgIpc) is 2.03. The Morgan fingerprint density at radius 1 is 1.31 bits per heavy atom. The number of nitrogens with zero attached hydrogens (tertiary/aromatic N) is 2. The summed E-state index contributed by atoms with van der Waals surface area (Å²) in [6.07, 6.45) is 0. The molecule has 0 aromatic rings.